The van der Waals surface area contributed by atoms with Crippen molar-refractivity contribution in [3.05, 3.63) is 0 Å². The molecule has 2 nitrogen and oxygen atoms in total. The molecule has 0 spiro atoms. The van der Waals surface area contributed by atoms with E-state index in [1.165, 1.54) is 223 Å². The van der Waals surface area contributed by atoms with Gasteiger partial charge in [-0.1, -0.05) is 241 Å². The highest BCUT2D eigenvalue weighted by Crippen LogP contribution is 2.17. The van der Waals surface area contributed by atoms with Gasteiger partial charge in [-0.05, 0) is 17.3 Å². The highest BCUT2D eigenvalue weighted by Gasteiger charge is 1.99. The summed E-state index contributed by atoms with van der Waals surface area (Å²) in [4.78, 5) is 10.5. The van der Waals surface area contributed by atoms with Crippen LogP contribution in [0, 0.1) is 0 Å². The van der Waals surface area contributed by atoms with Crippen molar-refractivity contribution in [2.24, 2.45) is 0 Å². The van der Waals surface area contributed by atoms with Gasteiger partial charge in [-0.15, -0.1) is 0 Å². The highest BCUT2D eigenvalue weighted by atomic mass is 127. The van der Waals surface area contributed by atoms with Gasteiger partial charge < -0.3 is 5.11 Å². The van der Waals surface area contributed by atoms with Crippen LogP contribution in [0.15, 0.2) is 0 Å². The average molecular weight is 705 g/mol. The van der Waals surface area contributed by atoms with Gasteiger partial charge in [0.2, 0.25) is 0 Å². The molecule has 42 heavy (non-hydrogen) atoms. The first-order chi connectivity index (χ1) is 20.8. The molecule has 0 saturated heterocycles. The van der Waals surface area contributed by atoms with Crippen LogP contribution in [0.25, 0.3) is 0 Å². The number of carboxylic acids is 1. The summed E-state index contributed by atoms with van der Waals surface area (Å²) in [5, 5.41) is 8.64. The number of hydrogen-bond donors (Lipinski definition) is 1. The molecule has 0 aliphatic rings. The van der Waals surface area contributed by atoms with E-state index in [4.69, 9.17) is 5.11 Å². The standard InChI is InChI=1S/C39H77IO2/c40-38-36-34-32-30-28-26-24-22-20-18-16-14-12-10-8-6-4-2-1-3-5-7-9-11-13-15-17-19-21-23-25-27-29-31-33-35-37-39(41)42/h1-38H2,(H,41,42). The summed E-state index contributed by atoms with van der Waals surface area (Å²) >= 11 is 2.50. The summed E-state index contributed by atoms with van der Waals surface area (Å²) in [7, 11) is 0. The van der Waals surface area contributed by atoms with Crippen LogP contribution in [-0.4, -0.2) is 15.5 Å². The van der Waals surface area contributed by atoms with Crippen molar-refractivity contribution < 1.29 is 9.90 Å². The maximum Gasteiger partial charge on any atom is 0.303 e. The molecule has 0 saturated carbocycles. The number of unbranched alkanes of at least 4 members (excludes halogenated alkanes) is 35. The second-order valence-electron chi connectivity index (χ2n) is 13.6. The van der Waals surface area contributed by atoms with E-state index in [0.717, 1.165) is 12.8 Å². The van der Waals surface area contributed by atoms with Gasteiger partial charge in [0.25, 0.3) is 0 Å². The average Bonchev–Trinajstić information content (AvgIpc) is 2.98. The maximum absolute atomic E-state index is 10.5. The van der Waals surface area contributed by atoms with Crippen molar-refractivity contribution in [1.82, 2.24) is 0 Å². The molecule has 1 N–H and O–H groups in total. The zero-order chi connectivity index (χ0) is 30.4. The lowest BCUT2D eigenvalue weighted by Crippen LogP contribution is -1.93. The summed E-state index contributed by atoms with van der Waals surface area (Å²) < 4.78 is 1.34. The molecule has 0 heterocycles. The fourth-order valence-electron chi connectivity index (χ4n) is 6.38. The van der Waals surface area contributed by atoms with E-state index in [-0.39, 0.29) is 0 Å². The van der Waals surface area contributed by atoms with Crippen molar-refractivity contribution in [2.75, 3.05) is 4.43 Å². The summed E-state index contributed by atoms with van der Waals surface area (Å²) in [5.41, 5.74) is 0. The maximum atomic E-state index is 10.5. The molecule has 0 radical (unpaired) electrons. The number of carbonyl (C=O) groups is 1. The van der Waals surface area contributed by atoms with Gasteiger partial charge in [-0.25, -0.2) is 0 Å². The summed E-state index contributed by atoms with van der Waals surface area (Å²) in [6.45, 7) is 0. The largest absolute Gasteiger partial charge is 0.481 e. The quantitative estimate of drug-likeness (QED) is 0.0395. The van der Waals surface area contributed by atoms with Crippen LogP contribution in [0.3, 0.4) is 0 Å². The van der Waals surface area contributed by atoms with Crippen LogP contribution in [0.2, 0.25) is 0 Å². The Balaban J connectivity index is 3.03. The Kier molecular flexibility index (Phi) is 39.4. The Labute approximate surface area is 279 Å². The Morgan fingerprint density at radius 3 is 0.571 bits per heavy atom. The molecule has 0 unspecified atom stereocenters. The molecular weight excluding hydrogens is 627 g/mol. The first kappa shape index (κ1) is 42.2. The Morgan fingerprint density at radius 2 is 0.429 bits per heavy atom. The molecule has 0 aliphatic heterocycles. The topological polar surface area (TPSA) is 37.3 Å². The molecule has 3 heteroatoms. The fraction of sp³-hybridized carbons (Fsp3) is 0.974. The van der Waals surface area contributed by atoms with Gasteiger partial charge in [0, 0.05) is 6.42 Å². The smallest absolute Gasteiger partial charge is 0.303 e. The van der Waals surface area contributed by atoms with Crippen LogP contribution in [0.1, 0.15) is 238 Å². The minimum atomic E-state index is -0.647. The van der Waals surface area contributed by atoms with E-state index >= 15 is 0 Å². The monoisotopic (exact) mass is 704 g/mol. The van der Waals surface area contributed by atoms with Crippen molar-refractivity contribution in [3.63, 3.8) is 0 Å². The van der Waals surface area contributed by atoms with E-state index in [2.05, 4.69) is 22.6 Å². The lowest BCUT2D eigenvalue weighted by molar-refractivity contribution is -0.137. The molecule has 252 valence electrons. The molecule has 0 aromatic heterocycles. The normalized spacial score (nSPS) is 11.5. The Hall–Kier alpha value is 0.200. The van der Waals surface area contributed by atoms with Gasteiger partial charge >= 0.3 is 5.97 Å². The number of carboxylic acid groups (broad SMARTS) is 1. The summed E-state index contributed by atoms with van der Waals surface area (Å²) in [6.07, 6.45) is 51.5. The Morgan fingerprint density at radius 1 is 0.286 bits per heavy atom. The zero-order valence-electron chi connectivity index (χ0n) is 28.6. The van der Waals surface area contributed by atoms with Gasteiger partial charge in [-0.3, -0.25) is 4.79 Å². The van der Waals surface area contributed by atoms with Crippen LogP contribution in [0.4, 0.5) is 0 Å². The molecule has 0 amide bonds. The van der Waals surface area contributed by atoms with Crippen molar-refractivity contribution in [3.8, 4) is 0 Å². The minimum absolute atomic E-state index is 0.347. The molecule has 0 aromatic rings. The molecule has 0 rings (SSSR count). The SMILES string of the molecule is O=C(O)CCCCCCCCCCCCCCCCCCCCCCCCCCCCCCCCCCCCCCI. The number of aliphatic carboxylic acids is 1. The fourth-order valence-corrected chi connectivity index (χ4v) is 6.92. The van der Waals surface area contributed by atoms with Crippen molar-refractivity contribution >= 4 is 28.6 Å². The van der Waals surface area contributed by atoms with Crippen molar-refractivity contribution in [2.45, 2.75) is 238 Å². The molecule has 0 atom stereocenters. The van der Waals surface area contributed by atoms with E-state index < -0.39 is 5.97 Å². The van der Waals surface area contributed by atoms with E-state index in [0.29, 0.717) is 6.42 Å². The van der Waals surface area contributed by atoms with Gasteiger partial charge in [0.15, 0.2) is 0 Å². The number of rotatable bonds is 38. The second-order valence-corrected chi connectivity index (χ2v) is 14.6. The first-order valence-corrected chi connectivity index (χ1v) is 21.1. The second kappa shape index (κ2) is 39.2. The van der Waals surface area contributed by atoms with Crippen LogP contribution in [0.5, 0.6) is 0 Å². The third kappa shape index (κ3) is 40.2. The van der Waals surface area contributed by atoms with E-state index in [1.54, 1.807) is 0 Å². The molecule has 0 aromatic carbocycles. The Bertz CT molecular complexity index is 495. The number of alkyl halides is 1. The highest BCUT2D eigenvalue weighted by molar-refractivity contribution is 14.1. The first-order valence-electron chi connectivity index (χ1n) is 19.5. The molecule has 0 bridgehead atoms. The number of hydrogen-bond acceptors (Lipinski definition) is 1. The van der Waals surface area contributed by atoms with E-state index in [9.17, 15) is 4.79 Å². The third-order valence-corrected chi connectivity index (χ3v) is 10.0. The zero-order valence-corrected chi connectivity index (χ0v) is 30.8. The minimum Gasteiger partial charge on any atom is -0.481 e. The van der Waals surface area contributed by atoms with Crippen LogP contribution < -0.4 is 0 Å². The lowest BCUT2D eigenvalue weighted by Gasteiger charge is -2.05. The molecule has 0 aliphatic carbocycles. The predicted molar refractivity (Wildman–Crippen MR) is 197 cm³/mol. The van der Waals surface area contributed by atoms with Gasteiger partial charge in [-0.2, -0.15) is 0 Å². The van der Waals surface area contributed by atoms with Crippen molar-refractivity contribution in [1.29, 1.82) is 0 Å². The number of halogens is 1. The molecular formula is C39H77IO2. The van der Waals surface area contributed by atoms with Gasteiger partial charge in [0.05, 0.1) is 0 Å². The van der Waals surface area contributed by atoms with Gasteiger partial charge in [0.1, 0.15) is 0 Å². The van der Waals surface area contributed by atoms with Crippen LogP contribution >= 0.6 is 22.6 Å². The third-order valence-electron chi connectivity index (χ3n) is 9.27. The summed E-state index contributed by atoms with van der Waals surface area (Å²) in [5.74, 6) is -0.647. The molecule has 0 fully saturated rings. The van der Waals surface area contributed by atoms with Crippen LogP contribution in [-0.2, 0) is 4.79 Å². The lowest BCUT2D eigenvalue weighted by atomic mass is 10.0. The van der Waals surface area contributed by atoms with E-state index in [1.807, 2.05) is 0 Å². The predicted octanol–water partition coefficient (Wildman–Crippen LogP) is 14.9. The summed E-state index contributed by atoms with van der Waals surface area (Å²) in [6, 6.07) is 0.